The summed E-state index contributed by atoms with van der Waals surface area (Å²) in [4.78, 5) is 20.6. The van der Waals surface area contributed by atoms with Gasteiger partial charge in [0.15, 0.2) is 11.6 Å². The highest BCUT2D eigenvalue weighted by atomic mass is 32.2. The van der Waals surface area contributed by atoms with E-state index in [2.05, 4.69) is 24.7 Å². The zero-order valence-electron chi connectivity index (χ0n) is 19.8. The first-order chi connectivity index (χ1) is 17.2. The number of halogens is 6. The summed E-state index contributed by atoms with van der Waals surface area (Å²) >= 11 is 0. The zero-order valence-corrected chi connectivity index (χ0v) is 20.6. The Hall–Kier alpha value is -3.49. The smallest absolute Gasteiger partial charge is 0.342 e. The Labute approximate surface area is 208 Å². The van der Waals surface area contributed by atoms with Crippen LogP contribution in [0.3, 0.4) is 0 Å². The predicted octanol–water partition coefficient (Wildman–Crippen LogP) is 5.33. The minimum atomic E-state index is -4.79. The maximum Gasteiger partial charge on any atom is 0.417 e. The van der Waals surface area contributed by atoms with Gasteiger partial charge in [-0.25, -0.2) is 14.2 Å². The number of carbonyl (C=O) groups is 1. The molecule has 3 aromatic rings. The molecule has 3 rings (SSSR count). The highest BCUT2D eigenvalue weighted by Crippen LogP contribution is 2.34. The normalized spacial score (nSPS) is 13.3. The fourth-order valence-electron chi connectivity index (χ4n) is 3.23. The highest BCUT2D eigenvalue weighted by Gasteiger charge is 2.33. The van der Waals surface area contributed by atoms with Gasteiger partial charge < -0.3 is 5.32 Å². The molecule has 0 aliphatic rings. The van der Waals surface area contributed by atoms with Gasteiger partial charge in [0, 0.05) is 23.3 Å². The number of nitrogens with one attached hydrogen (secondary N) is 1. The molecule has 8 nitrogen and oxygen atoms in total. The van der Waals surface area contributed by atoms with E-state index in [0.717, 1.165) is 35.3 Å². The average Bonchev–Trinajstić information content (AvgIpc) is 3.33. The van der Waals surface area contributed by atoms with E-state index in [9.17, 15) is 35.3 Å². The van der Waals surface area contributed by atoms with Gasteiger partial charge in [0.1, 0.15) is 6.33 Å². The Morgan fingerprint density at radius 2 is 1.68 bits per heavy atom. The van der Waals surface area contributed by atoms with Crippen molar-refractivity contribution in [2.24, 2.45) is 4.36 Å². The van der Waals surface area contributed by atoms with Gasteiger partial charge in [0.2, 0.25) is 0 Å². The lowest BCUT2D eigenvalue weighted by atomic mass is 10.1. The van der Waals surface area contributed by atoms with Crippen LogP contribution in [0.4, 0.5) is 32.0 Å². The van der Waals surface area contributed by atoms with Gasteiger partial charge in [-0.15, -0.1) is 0 Å². The first-order valence-corrected chi connectivity index (χ1v) is 12.7. The van der Waals surface area contributed by atoms with Crippen molar-refractivity contribution in [3.8, 4) is 5.82 Å². The number of pyridine rings is 1. The van der Waals surface area contributed by atoms with E-state index in [1.807, 2.05) is 0 Å². The first-order valence-electron chi connectivity index (χ1n) is 10.9. The van der Waals surface area contributed by atoms with Crippen LogP contribution in [0.2, 0.25) is 0 Å². The molecule has 15 heteroatoms. The Kier molecular flexibility index (Phi) is 7.95. The summed E-state index contributed by atoms with van der Waals surface area (Å²) in [6.07, 6.45) is -7.68. The van der Waals surface area contributed by atoms with Crippen molar-refractivity contribution in [3.05, 3.63) is 65.4 Å². The third-order valence-corrected chi connectivity index (χ3v) is 7.63. The van der Waals surface area contributed by atoms with Gasteiger partial charge in [-0.1, -0.05) is 13.8 Å². The minimum Gasteiger partial charge on any atom is -0.342 e. The van der Waals surface area contributed by atoms with Crippen molar-refractivity contribution in [2.45, 2.75) is 39.2 Å². The number of alkyl halides is 6. The maximum atomic E-state index is 13.5. The third-order valence-electron chi connectivity index (χ3n) is 5.28. The second-order valence-corrected chi connectivity index (χ2v) is 10.7. The van der Waals surface area contributed by atoms with Crippen LogP contribution in [0.15, 0.2) is 47.2 Å². The summed E-state index contributed by atoms with van der Waals surface area (Å²) in [5, 5.41) is 6.40. The number of hydrogen-bond acceptors (Lipinski definition) is 6. The van der Waals surface area contributed by atoms with Crippen molar-refractivity contribution in [1.82, 2.24) is 25.1 Å². The van der Waals surface area contributed by atoms with Crippen LogP contribution < -0.4 is 5.32 Å². The lowest BCUT2D eigenvalue weighted by Crippen LogP contribution is -2.29. The van der Waals surface area contributed by atoms with Gasteiger partial charge >= 0.3 is 12.4 Å². The second-order valence-electron chi connectivity index (χ2n) is 7.84. The third kappa shape index (κ3) is 6.64. The standard InChI is InChI=1S/C22H22F6N6O2S/c1-4-37(36,5-2)33-17-9-14(8-16(10-17)22(26,27)28)20(35)32-13(3)19-30-12-31-34(19)18-7-6-15(11-29-18)21(23,24)25/h6-13H,4-5H2,1-3H3,(H,32,35)/t13-/m0/s1. The molecular formula is C22H22F6N6O2S. The van der Waals surface area contributed by atoms with Gasteiger partial charge in [0.25, 0.3) is 5.91 Å². The molecule has 0 saturated heterocycles. The Morgan fingerprint density at radius 1 is 1.03 bits per heavy atom. The summed E-state index contributed by atoms with van der Waals surface area (Å²) in [6, 6.07) is 3.39. The van der Waals surface area contributed by atoms with Crippen LogP contribution in [0.1, 0.15) is 54.1 Å². The predicted molar refractivity (Wildman–Crippen MR) is 123 cm³/mol. The Bertz CT molecular complexity index is 1380. The van der Waals surface area contributed by atoms with Crippen LogP contribution in [0, 0.1) is 0 Å². The molecule has 1 N–H and O–H groups in total. The molecule has 0 fully saturated rings. The number of aromatic nitrogens is 4. The monoisotopic (exact) mass is 548 g/mol. The molecule has 2 aromatic heterocycles. The number of hydrogen-bond donors (Lipinski definition) is 1. The van der Waals surface area contributed by atoms with Gasteiger partial charge in [-0.3, -0.25) is 4.79 Å². The van der Waals surface area contributed by atoms with Gasteiger partial charge in [-0.05, 0) is 37.3 Å². The molecular weight excluding hydrogens is 526 g/mol. The Morgan fingerprint density at radius 3 is 2.22 bits per heavy atom. The van der Waals surface area contributed by atoms with E-state index in [0.29, 0.717) is 12.3 Å². The molecule has 1 aromatic carbocycles. The van der Waals surface area contributed by atoms with Crippen molar-refractivity contribution >= 4 is 21.3 Å². The summed E-state index contributed by atoms with van der Waals surface area (Å²) in [5.41, 5.74) is -2.75. The van der Waals surface area contributed by atoms with Crippen LogP contribution in [-0.2, 0) is 22.1 Å². The van der Waals surface area contributed by atoms with E-state index in [1.165, 1.54) is 6.92 Å². The fourth-order valence-corrected chi connectivity index (χ4v) is 4.39. The first kappa shape index (κ1) is 28.1. The Balaban J connectivity index is 1.93. The molecule has 2 heterocycles. The van der Waals surface area contributed by atoms with E-state index >= 15 is 0 Å². The summed E-state index contributed by atoms with van der Waals surface area (Å²) in [5.74, 6) is -0.629. The lowest BCUT2D eigenvalue weighted by molar-refractivity contribution is -0.138. The molecule has 0 saturated carbocycles. The fraction of sp³-hybridized carbons (Fsp3) is 0.364. The molecule has 1 amide bonds. The van der Waals surface area contributed by atoms with E-state index in [-0.39, 0.29) is 34.4 Å². The summed E-state index contributed by atoms with van der Waals surface area (Å²) in [6.45, 7) is 4.65. The largest absolute Gasteiger partial charge is 0.417 e. The number of nitrogens with zero attached hydrogens (tertiary/aromatic N) is 5. The van der Waals surface area contributed by atoms with Gasteiger partial charge in [0.05, 0.1) is 32.6 Å². The van der Waals surface area contributed by atoms with Crippen molar-refractivity contribution < 1.29 is 35.3 Å². The molecule has 0 spiro atoms. The van der Waals surface area contributed by atoms with Crippen LogP contribution in [0.25, 0.3) is 5.82 Å². The van der Waals surface area contributed by atoms with E-state index in [4.69, 9.17) is 0 Å². The van der Waals surface area contributed by atoms with E-state index < -0.39 is 45.2 Å². The highest BCUT2D eigenvalue weighted by molar-refractivity contribution is 7.93. The molecule has 0 unspecified atom stereocenters. The second kappa shape index (κ2) is 10.5. The molecule has 0 radical (unpaired) electrons. The summed E-state index contributed by atoms with van der Waals surface area (Å²) < 4.78 is 96.7. The van der Waals surface area contributed by atoms with Crippen molar-refractivity contribution in [1.29, 1.82) is 0 Å². The minimum absolute atomic E-state index is 0.0179. The topological polar surface area (TPSA) is 102 Å². The summed E-state index contributed by atoms with van der Waals surface area (Å²) in [7, 11) is -2.80. The van der Waals surface area contributed by atoms with Crippen molar-refractivity contribution in [2.75, 3.05) is 11.5 Å². The number of rotatable bonds is 7. The van der Waals surface area contributed by atoms with Crippen LogP contribution in [0.5, 0.6) is 0 Å². The maximum absolute atomic E-state index is 13.5. The SMILES string of the molecule is CCS(=O)(CC)=Nc1cc(C(=O)N[C@@H](C)c2ncnn2-c2ccc(C(F)(F)F)cn2)cc(C(F)(F)F)c1. The number of amides is 1. The van der Waals surface area contributed by atoms with E-state index in [1.54, 1.807) is 13.8 Å². The molecule has 0 bridgehead atoms. The lowest BCUT2D eigenvalue weighted by Gasteiger charge is -2.16. The molecule has 200 valence electrons. The zero-order chi connectivity index (χ0) is 27.6. The number of benzene rings is 1. The average molecular weight is 549 g/mol. The van der Waals surface area contributed by atoms with Crippen LogP contribution >= 0.6 is 0 Å². The molecule has 1 atom stereocenters. The van der Waals surface area contributed by atoms with Crippen molar-refractivity contribution in [3.63, 3.8) is 0 Å². The number of carbonyl (C=O) groups excluding carboxylic acids is 1. The quantitative estimate of drug-likeness (QED) is 0.402. The molecule has 37 heavy (non-hydrogen) atoms. The van der Waals surface area contributed by atoms with Gasteiger partial charge in [-0.2, -0.15) is 40.5 Å². The van der Waals surface area contributed by atoms with Crippen LogP contribution in [-0.4, -0.2) is 41.4 Å². The molecule has 0 aliphatic heterocycles. The molecule has 0 aliphatic carbocycles.